The molecule has 0 atom stereocenters. The fourth-order valence-corrected chi connectivity index (χ4v) is 2.43. The topological polar surface area (TPSA) is 64.4 Å². The maximum Gasteiger partial charge on any atom is 0.269 e. The van der Waals surface area contributed by atoms with Crippen LogP contribution in [-0.2, 0) is 11.3 Å². The van der Waals surface area contributed by atoms with Crippen molar-refractivity contribution in [3.05, 3.63) is 39.8 Å². The SMILES string of the molecule is O=c1cnc2cc(Cl)ccc2n1CC1(CO)COC1. The maximum absolute atomic E-state index is 12.0. The predicted octanol–water partition coefficient (Wildman–Crippen LogP) is 1.06. The van der Waals surface area contributed by atoms with Gasteiger partial charge in [-0.3, -0.25) is 4.79 Å². The van der Waals surface area contributed by atoms with Crippen LogP contribution in [0, 0.1) is 5.41 Å². The molecule has 1 aromatic carbocycles. The maximum atomic E-state index is 12.0. The minimum absolute atomic E-state index is 0.00313. The first-order chi connectivity index (χ1) is 9.13. The zero-order valence-electron chi connectivity index (χ0n) is 10.2. The number of aliphatic hydroxyl groups is 1. The molecule has 0 radical (unpaired) electrons. The molecule has 0 bridgehead atoms. The van der Waals surface area contributed by atoms with Crippen molar-refractivity contribution >= 4 is 22.6 Å². The van der Waals surface area contributed by atoms with Gasteiger partial charge in [-0.2, -0.15) is 0 Å². The minimum Gasteiger partial charge on any atom is -0.396 e. The summed E-state index contributed by atoms with van der Waals surface area (Å²) in [7, 11) is 0. The number of fused-ring (bicyclic) bond motifs is 1. The Balaban J connectivity index is 2.11. The van der Waals surface area contributed by atoms with E-state index in [2.05, 4.69) is 4.98 Å². The first-order valence-corrected chi connectivity index (χ1v) is 6.35. The largest absolute Gasteiger partial charge is 0.396 e. The Morgan fingerprint density at radius 3 is 2.89 bits per heavy atom. The van der Waals surface area contributed by atoms with E-state index in [0.717, 1.165) is 5.52 Å². The summed E-state index contributed by atoms with van der Waals surface area (Å²) in [6.45, 7) is 1.35. The third kappa shape index (κ3) is 2.14. The Labute approximate surface area is 114 Å². The average Bonchev–Trinajstić information content (AvgIpc) is 2.36. The van der Waals surface area contributed by atoms with Gasteiger partial charge in [-0.05, 0) is 18.2 Å². The first-order valence-electron chi connectivity index (χ1n) is 5.97. The van der Waals surface area contributed by atoms with E-state index in [-0.39, 0.29) is 17.6 Å². The van der Waals surface area contributed by atoms with Crippen molar-refractivity contribution in [2.75, 3.05) is 19.8 Å². The van der Waals surface area contributed by atoms with Gasteiger partial charge in [-0.25, -0.2) is 4.98 Å². The van der Waals surface area contributed by atoms with Gasteiger partial charge in [0.2, 0.25) is 0 Å². The van der Waals surface area contributed by atoms with E-state index in [0.29, 0.717) is 30.3 Å². The molecule has 2 heterocycles. The number of nitrogens with zero attached hydrogens (tertiary/aromatic N) is 2. The Kier molecular flexibility index (Phi) is 3.05. The van der Waals surface area contributed by atoms with E-state index >= 15 is 0 Å². The summed E-state index contributed by atoms with van der Waals surface area (Å²) in [6.07, 6.45) is 1.28. The molecule has 0 aliphatic carbocycles. The van der Waals surface area contributed by atoms with Crippen LogP contribution in [0.25, 0.3) is 11.0 Å². The molecule has 0 unspecified atom stereocenters. The average molecular weight is 281 g/mol. The highest BCUT2D eigenvalue weighted by Gasteiger charge is 2.39. The van der Waals surface area contributed by atoms with Crippen molar-refractivity contribution in [3.63, 3.8) is 0 Å². The van der Waals surface area contributed by atoms with Crippen LogP contribution in [-0.4, -0.2) is 34.5 Å². The van der Waals surface area contributed by atoms with E-state index in [9.17, 15) is 9.90 Å². The number of aliphatic hydroxyl groups excluding tert-OH is 1. The second kappa shape index (κ2) is 4.59. The molecule has 6 heteroatoms. The van der Waals surface area contributed by atoms with E-state index < -0.39 is 0 Å². The van der Waals surface area contributed by atoms with Crippen molar-refractivity contribution < 1.29 is 9.84 Å². The Hall–Kier alpha value is -1.43. The van der Waals surface area contributed by atoms with Crippen LogP contribution in [0.1, 0.15) is 0 Å². The normalized spacial score (nSPS) is 17.4. The lowest BCUT2D eigenvalue weighted by Crippen LogP contribution is -2.50. The summed E-state index contributed by atoms with van der Waals surface area (Å²) < 4.78 is 6.78. The van der Waals surface area contributed by atoms with Crippen molar-refractivity contribution in [1.82, 2.24) is 9.55 Å². The van der Waals surface area contributed by atoms with Crippen molar-refractivity contribution in [2.24, 2.45) is 5.41 Å². The molecule has 5 nitrogen and oxygen atoms in total. The van der Waals surface area contributed by atoms with Gasteiger partial charge < -0.3 is 14.4 Å². The summed E-state index contributed by atoms with van der Waals surface area (Å²) in [4.78, 5) is 16.1. The lowest BCUT2D eigenvalue weighted by atomic mass is 9.87. The van der Waals surface area contributed by atoms with Crippen LogP contribution in [0.3, 0.4) is 0 Å². The van der Waals surface area contributed by atoms with Gasteiger partial charge in [0.1, 0.15) is 0 Å². The molecule has 1 N–H and O–H groups in total. The van der Waals surface area contributed by atoms with Crippen LogP contribution < -0.4 is 5.56 Å². The summed E-state index contributed by atoms with van der Waals surface area (Å²) in [5, 5.41) is 10.1. The fraction of sp³-hybridized carbons (Fsp3) is 0.385. The molecular weight excluding hydrogens is 268 g/mol. The molecule has 2 aromatic rings. The summed E-state index contributed by atoms with van der Waals surface area (Å²) in [6, 6.07) is 5.22. The molecule has 1 aliphatic heterocycles. The molecule has 0 amide bonds. The number of aromatic nitrogens is 2. The van der Waals surface area contributed by atoms with Gasteiger partial charge in [0.25, 0.3) is 5.56 Å². The zero-order chi connectivity index (χ0) is 13.5. The monoisotopic (exact) mass is 280 g/mol. The standard InChI is InChI=1S/C13H13ClN2O3/c14-9-1-2-11-10(3-9)15-4-12(18)16(11)5-13(6-17)7-19-8-13/h1-4,17H,5-8H2. The molecule has 0 spiro atoms. The summed E-state index contributed by atoms with van der Waals surface area (Å²) in [5.74, 6) is 0. The highest BCUT2D eigenvalue weighted by Crippen LogP contribution is 2.29. The lowest BCUT2D eigenvalue weighted by molar-refractivity contribution is -0.144. The molecular formula is C13H13ClN2O3. The van der Waals surface area contributed by atoms with Crippen molar-refractivity contribution in [2.45, 2.75) is 6.54 Å². The first kappa shape index (κ1) is 12.6. The van der Waals surface area contributed by atoms with Crippen molar-refractivity contribution in [1.29, 1.82) is 0 Å². The van der Waals surface area contributed by atoms with Crippen molar-refractivity contribution in [3.8, 4) is 0 Å². The molecule has 1 fully saturated rings. The second-order valence-electron chi connectivity index (χ2n) is 4.97. The molecule has 0 saturated carbocycles. The van der Waals surface area contributed by atoms with E-state index in [1.165, 1.54) is 6.20 Å². The van der Waals surface area contributed by atoms with E-state index in [4.69, 9.17) is 16.3 Å². The van der Waals surface area contributed by atoms with Crippen LogP contribution in [0.15, 0.2) is 29.2 Å². The third-order valence-corrected chi connectivity index (χ3v) is 3.69. The highest BCUT2D eigenvalue weighted by atomic mass is 35.5. The number of rotatable bonds is 3. The zero-order valence-corrected chi connectivity index (χ0v) is 10.9. The van der Waals surface area contributed by atoms with Gasteiger partial charge in [0.15, 0.2) is 0 Å². The highest BCUT2D eigenvalue weighted by molar-refractivity contribution is 6.31. The van der Waals surface area contributed by atoms with Crippen LogP contribution in [0.4, 0.5) is 0 Å². The van der Waals surface area contributed by atoms with Gasteiger partial charge in [0.05, 0.1) is 42.5 Å². The molecule has 3 rings (SSSR count). The number of ether oxygens (including phenoxy) is 1. The molecule has 1 aromatic heterocycles. The third-order valence-electron chi connectivity index (χ3n) is 3.45. The van der Waals surface area contributed by atoms with Crippen LogP contribution in [0.2, 0.25) is 5.02 Å². The van der Waals surface area contributed by atoms with E-state index in [1.807, 2.05) is 0 Å². The lowest BCUT2D eigenvalue weighted by Gasteiger charge is -2.40. The minimum atomic E-state index is -0.363. The van der Waals surface area contributed by atoms with Crippen LogP contribution in [0.5, 0.6) is 0 Å². The van der Waals surface area contributed by atoms with Gasteiger partial charge >= 0.3 is 0 Å². The molecule has 1 aliphatic rings. The summed E-state index contributed by atoms with van der Waals surface area (Å²) >= 11 is 5.92. The fourth-order valence-electron chi connectivity index (χ4n) is 2.26. The van der Waals surface area contributed by atoms with Gasteiger partial charge in [-0.15, -0.1) is 0 Å². The second-order valence-corrected chi connectivity index (χ2v) is 5.40. The van der Waals surface area contributed by atoms with Gasteiger partial charge in [-0.1, -0.05) is 11.6 Å². The molecule has 1 saturated heterocycles. The smallest absolute Gasteiger partial charge is 0.269 e. The Morgan fingerprint density at radius 1 is 1.47 bits per heavy atom. The number of hydrogen-bond donors (Lipinski definition) is 1. The number of hydrogen-bond acceptors (Lipinski definition) is 4. The molecule has 100 valence electrons. The Morgan fingerprint density at radius 2 is 2.26 bits per heavy atom. The molecule has 19 heavy (non-hydrogen) atoms. The van der Waals surface area contributed by atoms with Crippen LogP contribution >= 0.6 is 11.6 Å². The summed E-state index contributed by atoms with van der Waals surface area (Å²) in [5.41, 5.74) is 0.837. The van der Waals surface area contributed by atoms with E-state index in [1.54, 1.807) is 22.8 Å². The number of benzene rings is 1. The number of halogens is 1. The van der Waals surface area contributed by atoms with Gasteiger partial charge in [0, 0.05) is 11.6 Å². The Bertz CT molecular complexity index is 674. The quantitative estimate of drug-likeness (QED) is 0.913. The predicted molar refractivity (Wildman–Crippen MR) is 71.4 cm³/mol.